The van der Waals surface area contributed by atoms with Crippen molar-refractivity contribution in [3.8, 4) is 5.75 Å². The third-order valence-electron chi connectivity index (χ3n) is 2.91. The van der Waals surface area contributed by atoms with Gasteiger partial charge in [-0.1, -0.05) is 46.2 Å². The zero-order valence-electron chi connectivity index (χ0n) is 11.6. The van der Waals surface area contributed by atoms with Gasteiger partial charge in [-0.25, -0.2) is 4.85 Å². The summed E-state index contributed by atoms with van der Waals surface area (Å²) >= 11 is 0. The van der Waals surface area contributed by atoms with Gasteiger partial charge in [0.25, 0.3) is 0 Å². The van der Waals surface area contributed by atoms with E-state index >= 15 is 0 Å². The van der Waals surface area contributed by atoms with Gasteiger partial charge in [0.2, 0.25) is 5.69 Å². The van der Waals surface area contributed by atoms with E-state index in [0.29, 0.717) is 11.6 Å². The zero-order chi connectivity index (χ0) is 13.2. The van der Waals surface area contributed by atoms with Crippen molar-refractivity contribution in [2.45, 2.75) is 46.0 Å². The summed E-state index contributed by atoms with van der Waals surface area (Å²) in [5.41, 5.74) is 2.97. The average Bonchev–Trinajstić information content (AvgIpc) is 2.25. The Bertz CT molecular complexity index is 447. The van der Waals surface area contributed by atoms with Crippen molar-refractivity contribution in [3.05, 3.63) is 34.7 Å². The van der Waals surface area contributed by atoms with Crippen LogP contribution in [0.1, 0.15) is 51.7 Å². The molecule has 1 aromatic carbocycles. The molecule has 0 saturated heterocycles. The number of benzene rings is 1. The normalized spacial score (nSPS) is 11.4. The summed E-state index contributed by atoms with van der Waals surface area (Å²) in [6, 6.07) is 4.11. The summed E-state index contributed by atoms with van der Waals surface area (Å²) in [6.07, 6.45) is 0. The number of hydrogen-bond donors (Lipinski definition) is 0. The molecule has 0 N–H and O–H groups in total. The Labute approximate surface area is 104 Å². The molecule has 0 aromatic heterocycles. The molecular weight excluding hydrogens is 210 g/mol. The van der Waals surface area contributed by atoms with Gasteiger partial charge in [0.1, 0.15) is 5.75 Å². The molecule has 0 radical (unpaired) electrons. The van der Waals surface area contributed by atoms with Gasteiger partial charge in [-0.2, -0.15) is 0 Å². The molecule has 0 fully saturated rings. The topological polar surface area (TPSA) is 13.6 Å². The van der Waals surface area contributed by atoms with Crippen molar-refractivity contribution in [3.63, 3.8) is 0 Å². The van der Waals surface area contributed by atoms with Crippen LogP contribution in [-0.2, 0) is 5.41 Å². The first-order valence-corrected chi connectivity index (χ1v) is 5.91. The van der Waals surface area contributed by atoms with Gasteiger partial charge in [0, 0.05) is 0 Å². The van der Waals surface area contributed by atoms with Crippen LogP contribution in [0.25, 0.3) is 4.85 Å². The number of nitrogens with zero attached hydrogens (tertiary/aromatic N) is 1. The second kappa shape index (κ2) is 4.79. The third kappa shape index (κ3) is 2.79. The van der Waals surface area contributed by atoms with Gasteiger partial charge in [-0.15, -0.1) is 0 Å². The summed E-state index contributed by atoms with van der Waals surface area (Å²) in [5, 5.41) is 0. The molecule has 17 heavy (non-hydrogen) atoms. The van der Waals surface area contributed by atoms with E-state index in [1.807, 2.05) is 6.07 Å². The maximum absolute atomic E-state index is 7.27. The van der Waals surface area contributed by atoms with Gasteiger partial charge in [-0.3, -0.25) is 0 Å². The Morgan fingerprint density at radius 1 is 1.24 bits per heavy atom. The lowest BCUT2D eigenvalue weighted by molar-refractivity contribution is 0.409. The highest BCUT2D eigenvalue weighted by Gasteiger charge is 2.20. The van der Waals surface area contributed by atoms with E-state index in [9.17, 15) is 0 Å². The maximum atomic E-state index is 7.27. The fourth-order valence-electron chi connectivity index (χ4n) is 1.80. The highest BCUT2D eigenvalue weighted by atomic mass is 16.5. The van der Waals surface area contributed by atoms with E-state index in [2.05, 4.69) is 45.5 Å². The molecular formula is C15H21NO. The molecule has 0 saturated carbocycles. The summed E-state index contributed by atoms with van der Waals surface area (Å²) in [4.78, 5) is 3.58. The summed E-state index contributed by atoms with van der Waals surface area (Å²) < 4.78 is 5.38. The van der Waals surface area contributed by atoms with Gasteiger partial charge in [0.15, 0.2) is 0 Å². The fourth-order valence-corrected chi connectivity index (χ4v) is 1.80. The van der Waals surface area contributed by atoms with E-state index in [1.54, 1.807) is 7.11 Å². The SMILES string of the molecule is [C-]#[N+]c1cc(C(C)(C)C)cc(C(C)C)c1OC. The summed E-state index contributed by atoms with van der Waals surface area (Å²) in [6.45, 7) is 18.0. The van der Waals surface area contributed by atoms with Crippen LogP contribution in [0, 0.1) is 6.57 Å². The third-order valence-corrected chi connectivity index (χ3v) is 2.91. The van der Waals surface area contributed by atoms with E-state index in [4.69, 9.17) is 11.3 Å². The quantitative estimate of drug-likeness (QED) is 0.674. The summed E-state index contributed by atoms with van der Waals surface area (Å²) in [7, 11) is 1.63. The van der Waals surface area contributed by atoms with Crippen molar-refractivity contribution < 1.29 is 4.74 Å². The predicted molar refractivity (Wildman–Crippen MR) is 72.0 cm³/mol. The van der Waals surface area contributed by atoms with Crippen molar-refractivity contribution in [1.82, 2.24) is 0 Å². The van der Waals surface area contributed by atoms with Gasteiger partial charge >= 0.3 is 0 Å². The molecule has 0 aliphatic rings. The zero-order valence-corrected chi connectivity index (χ0v) is 11.6. The standard InChI is InChI=1S/C15H21NO/c1-10(2)12-8-11(15(3,4)5)9-13(16-6)14(12)17-7/h8-10H,1-5,7H3. The number of methoxy groups -OCH3 is 1. The van der Waals surface area contributed by atoms with Crippen LogP contribution in [0.3, 0.4) is 0 Å². The highest BCUT2D eigenvalue weighted by Crippen LogP contribution is 2.40. The lowest BCUT2D eigenvalue weighted by atomic mass is 9.84. The van der Waals surface area contributed by atoms with E-state index < -0.39 is 0 Å². The molecule has 0 aliphatic heterocycles. The molecule has 2 nitrogen and oxygen atoms in total. The molecule has 0 atom stereocenters. The highest BCUT2D eigenvalue weighted by molar-refractivity contribution is 5.64. The second-order valence-corrected chi connectivity index (χ2v) is 5.63. The van der Waals surface area contributed by atoms with E-state index in [1.165, 1.54) is 5.56 Å². The Hall–Kier alpha value is -1.49. The van der Waals surface area contributed by atoms with E-state index in [0.717, 1.165) is 11.3 Å². The molecule has 92 valence electrons. The van der Waals surface area contributed by atoms with Crippen LogP contribution < -0.4 is 4.74 Å². The van der Waals surface area contributed by atoms with Crippen molar-refractivity contribution in [1.29, 1.82) is 0 Å². The monoisotopic (exact) mass is 231 g/mol. The smallest absolute Gasteiger partial charge is 0.228 e. The molecule has 0 unspecified atom stereocenters. The van der Waals surface area contributed by atoms with Crippen LogP contribution in [0.15, 0.2) is 12.1 Å². The minimum Gasteiger partial charge on any atom is -0.507 e. The molecule has 2 heteroatoms. The van der Waals surface area contributed by atoms with Gasteiger partial charge in [0.05, 0.1) is 13.7 Å². The van der Waals surface area contributed by atoms with Crippen molar-refractivity contribution >= 4 is 5.69 Å². The lowest BCUT2D eigenvalue weighted by Crippen LogP contribution is -2.12. The summed E-state index contributed by atoms with van der Waals surface area (Å²) in [5.74, 6) is 1.08. The largest absolute Gasteiger partial charge is 0.507 e. The minimum atomic E-state index is 0.0509. The molecule has 0 heterocycles. The number of ether oxygens (including phenoxy) is 1. The predicted octanol–water partition coefficient (Wildman–Crippen LogP) is 4.67. The van der Waals surface area contributed by atoms with Crippen LogP contribution in [0.4, 0.5) is 5.69 Å². The van der Waals surface area contributed by atoms with Crippen LogP contribution in [0.2, 0.25) is 0 Å². The Kier molecular flexibility index (Phi) is 3.83. The first-order valence-electron chi connectivity index (χ1n) is 5.91. The lowest BCUT2D eigenvalue weighted by Gasteiger charge is -2.23. The molecule has 1 aromatic rings. The first-order chi connectivity index (χ1) is 7.81. The molecule has 0 amide bonds. The Morgan fingerprint density at radius 3 is 2.18 bits per heavy atom. The van der Waals surface area contributed by atoms with Crippen molar-refractivity contribution in [2.75, 3.05) is 7.11 Å². The maximum Gasteiger partial charge on any atom is 0.228 e. The molecule has 0 bridgehead atoms. The Morgan fingerprint density at radius 2 is 1.82 bits per heavy atom. The Balaban J connectivity index is 3.53. The van der Waals surface area contributed by atoms with Crippen LogP contribution in [-0.4, -0.2) is 7.11 Å². The van der Waals surface area contributed by atoms with Crippen LogP contribution >= 0.6 is 0 Å². The first kappa shape index (κ1) is 13.6. The molecule has 0 aliphatic carbocycles. The van der Waals surface area contributed by atoms with E-state index in [-0.39, 0.29) is 5.41 Å². The van der Waals surface area contributed by atoms with Gasteiger partial charge in [-0.05, 0) is 23.0 Å². The number of rotatable bonds is 2. The van der Waals surface area contributed by atoms with Crippen molar-refractivity contribution in [2.24, 2.45) is 0 Å². The minimum absolute atomic E-state index is 0.0509. The number of hydrogen-bond acceptors (Lipinski definition) is 1. The van der Waals surface area contributed by atoms with Crippen LogP contribution in [0.5, 0.6) is 5.75 Å². The fraction of sp³-hybridized carbons (Fsp3) is 0.533. The van der Waals surface area contributed by atoms with Gasteiger partial charge < -0.3 is 4.74 Å². The molecule has 1 rings (SSSR count). The second-order valence-electron chi connectivity index (χ2n) is 5.63. The molecule has 0 spiro atoms. The average molecular weight is 231 g/mol.